The third kappa shape index (κ3) is 5.04. The molecule has 0 aromatic heterocycles. The first-order valence-corrected chi connectivity index (χ1v) is 11.2. The van der Waals surface area contributed by atoms with Gasteiger partial charge in [0.2, 0.25) is 11.8 Å². The second kappa shape index (κ2) is 10.2. The molecule has 1 fully saturated rings. The maximum absolute atomic E-state index is 15.2. The van der Waals surface area contributed by atoms with Crippen molar-refractivity contribution in [3.63, 3.8) is 0 Å². The van der Waals surface area contributed by atoms with Gasteiger partial charge in [-0.05, 0) is 29.8 Å². The summed E-state index contributed by atoms with van der Waals surface area (Å²) in [5, 5.41) is 2.90. The number of halogens is 3. The van der Waals surface area contributed by atoms with Crippen molar-refractivity contribution in [1.82, 2.24) is 4.90 Å². The number of nitrogens with one attached hydrogen (secondary N) is 1. The number of likely N-dealkylation sites (tertiary alicyclic amines) is 1. The fourth-order valence-electron chi connectivity index (χ4n) is 4.10. The minimum atomic E-state index is -1.34. The summed E-state index contributed by atoms with van der Waals surface area (Å²) in [7, 11) is 1.52. The molecule has 3 aromatic carbocycles. The minimum absolute atomic E-state index is 0.00987. The Labute approximate surface area is 201 Å². The lowest BCUT2D eigenvalue weighted by Crippen LogP contribution is -2.44. The Morgan fingerprint density at radius 3 is 2.59 bits per heavy atom. The fraction of sp³-hybridized carbons (Fsp3) is 0.231. The second-order valence-electron chi connectivity index (χ2n) is 8.06. The highest BCUT2D eigenvalue weighted by Crippen LogP contribution is 2.33. The van der Waals surface area contributed by atoms with E-state index in [9.17, 15) is 14.0 Å². The molecule has 2 atom stereocenters. The first-order valence-electron chi connectivity index (χ1n) is 10.8. The van der Waals surface area contributed by atoms with Gasteiger partial charge in [-0.1, -0.05) is 54.1 Å². The van der Waals surface area contributed by atoms with E-state index in [0.29, 0.717) is 21.9 Å². The van der Waals surface area contributed by atoms with Crippen LogP contribution in [0.2, 0.25) is 5.02 Å². The number of benzene rings is 3. The Morgan fingerprint density at radius 1 is 1.09 bits per heavy atom. The summed E-state index contributed by atoms with van der Waals surface area (Å²) in [6.07, 6.45) is -1.50. The van der Waals surface area contributed by atoms with E-state index in [1.54, 1.807) is 60.7 Å². The van der Waals surface area contributed by atoms with Crippen molar-refractivity contribution in [2.45, 2.75) is 25.1 Å². The predicted octanol–water partition coefficient (Wildman–Crippen LogP) is 5.27. The number of ether oxygens (including phenoxy) is 1. The molecule has 0 saturated carbocycles. The highest BCUT2D eigenvalue weighted by atomic mass is 35.5. The number of amides is 2. The van der Waals surface area contributed by atoms with Gasteiger partial charge in [0.05, 0.1) is 25.8 Å². The highest BCUT2D eigenvalue weighted by molar-refractivity contribution is 6.33. The second-order valence-corrected chi connectivity index (χ2v) is 8.47. The molecule has 1 aliphatic heterocycles. The monoisotopic (exact) mass is 484 g/mol. The van der Waals surface area contributed by atoms with Crippen LogP contribution in [0.4, 0.5) is 14.5 Å². The molecule has 176 valence electrons. The van der Waals surface area contributed by atoms with Crippen molar-refractivity contribution in [2.24, 2.45) is 0 Å². The lowest BCUT2D eigenvalue weighted by atomic mass is 10.0. The van der Waals surface area contributed by atoms with E-state index < -0.39 is 23.9 Å². The molecule has 0 bridgehead atoms. The summed E-state index contributed by atoms with van der Waals surface area (Å²) in [6.45, 7) is -0.191. The van der Waals surface area contributed by atoms with Gasteiger partial charge in [-0.15, -0.1) is 0 Å². The Hall–Kier alpha value is -3.45. The van der Waals surface area contributed by atoms with Crippen LogP contribution in [0.5, 0.6) is 5.75 Å². The van der Waals surface area contributed by atoms with Crippen LogP contribution in [0, 0.1) is 5.82 Å². The lowest BCUT2D eigenvalue weighted by molar-refractivity contribution is -0.136. The number of nitrogens with zero attached hydrogens (tertiary/aromatic N) is 1. The highest BCUT2D eigenvalue weighted by Gasteiger charge is 2.40. The zero-order valence-electron chi connectivity index (χ0n) is 18.4. The molecular weight excluding hydrogens is 462 g/mol. The predicted molar refractivity (Wildman–Crippen MR) is 127 cm³/mol. The molecule has 8 heteroatoms. The maximum atomic E-state index is 15.2. The first-order chi connectivity index (χ1) is 16.4. The van der Waals surface area contributed by atoms with Gasteiger partial charge in [0.1, 0.15) is 18.0 Å². The van der Waals surface area contributed by atoms with Crippen LogP contribution in [0.1, 0.15) is 12.0 Å². The summed E-state index contributed by atoms with van der Waals surface area (Å²) in [5.41, 5.74) is 1.33. The van der Waals surface area contributed by atoms with Gasteiger partial charge in [0.15, 0.2) is 5.82 Å². The topological polar surface area (TPSA) is 58.6 Å². The van der Waals surface area contributed by atoms with Crippen molar-refractivity contribution in [3.8, 4) is 16.9 Å². The van der Waals surface area contributed by atoms with Gasteiger partial charge < -0.3 is 15.0 Å². The molecule has 1 aliphatic rings. The van der Waals surface area contributed by atoms with Crippen LogP contribution in [0.15, 0.2) is 66.7 Å². The Bertz CT molecular complexity index is 1220. The molecule has 5 nitrogen and oxygen atoms in total. The van der Waals surface area contributed by atoms with Crippen LogP contribution >= 0.6 is 11.6 Å². The van der Waals surface area contributed by atoms with Crippen molar-refractivity contribution in [1.29, 1.82) is 0 Å². The number of carbonyl (C=O) groups excluding carboxylic acids is 2. The van der Waals surface area contributed by atoms with Crippen LogP contribution in [0.3, 0.4) is 0 Å². The van der Waals surface area contributed by atoms with Gasteiger partial charge in [-0.2, -0.15) is 0 Å². The van der Waals surface area contributed by atoms with Gasteiger partial charge >= 0.3 is 0 Å². The Balaban J connectivity index is 1.52. The summed E-state index contributed by atoms with van der Waals surface area (Å²) in [6, 6.07) is 17.3. The average molecular weight is 485 g/mol. The van der Waals surface area contributed by atoms with E-state index in [1.165, 1.54) is 18.1 Å². The molecule has 3 aromatic rings. The molecule has 4 rings (SSSR count). The number of anilines is 1. The van der Waals surface area contributed by atoms with Crippen LogP contribution < -0.4 is 10.1 Å². The third-order valence-electron chi connectivity index (χ3n) is 5.78. The lowest BCUT2D eigenvalue weighted by Gasteiger charge is -2.24. The van der Waals surface area contributed by atoms with Crippen molar-refractivity contribution >= 4 is 29.1 Å². The van der Waals surface area contributed by atoms with Crippen molar-refractivity contribution in [3.05, 3.63) is 83.1 Å². The van der Waals surface area contributed by atoms with Gasteiger partial charge in [0, 0.05) is 22.6 Å². The van der Waals surface area contributed by atoms with Crippen LogP contribution in [0.25, 0.3) is 11.1 Å². The number of rotatable bonds is 6. The van der Waals surface area contributed by atoms with Crippen molar-refractivity contribution in [2.75, 3.05) is 19.0 Å². The van der Waals surface area contributed by atoms with Crippen LogP contribution in [-0.2, 0) is 16.0 Å². The number of hydrogen-bond donors (Lipinski definition) is 1. The van der Waals surface area contributed by atoms with Crippen LogP contribution in [-0.4, -0.2) is 42.6 Å². The molecule has 1 saturated heterocycles. The van der Waals surface area contributed by atoms with E-state index >= 15 is 4.39 Å². The van der Waals surface area contributed by atoms with E-state index in [0.717, 1.165) is 0 Å². The number of alkyl halides is 1. The minimum Gasteiger partial charge on any atom is -0.497 e. The fourth-order valence-corrected chi connectivity index (χ4v) is 4.34. The van der Waals surface area contributed by atoms with E-state index in [4.69, 9.17) is 16.3 Å². The molecule has 0 radical (unpaired) electrons. The average Bonchev–Trinajstić information content (AvgIpc) is 3.23. The van der Waals surface area contributed by atoms with E-state index in [2.05, 4.69) is 5.32 Å². The molecule has 2 unspecified atom stereocenters. The Morgan fingerprint density at radius 2 is 1.82 bits per heavy atom. The zero-order valence-corrected chi connectivity index (χ0v) is 19.2. The zero-order chi connectivity index (χ0) is 24.2. The smallest absolute Gasteiger partial charge is 0.247 e. The summed E-state index contributed by atoms with van der Waals surface area (Å²) in [4.78, 5) is 27.1. The van der Waals surface area contributed by atoms with E-state index in [-0.39, 0.29) is 36.5 Å². The van der Waals surface area contributed by atoms with Gasteiger partial charge in [-0.25, -0.2) is 8.78 Å². The van der Waals surface area contributed by atoms with Gasteiger partial charge in [-0.3, -0.25) is 9.59 Å². The quantitative estimate of drug-likeness (QED) is 0.518. The molecule has 34 heavy (non-hydrogen) atoms. The summed E-state index contributed by atoms with van der Waals surface area (Å²) < 4.78 is 34.7. The van der Waals surface area contributed by atoms with Gasteiger partial charge in [0.25, 0.3) is 0 Å². The Kier molecular flexibility index (Phi) is 7.12. The number of hydrogen-bond acceptors (Lipinski definition) is 3. The van der Waals surface area contributed by atoms with E-state index in [1.807, 2.05) is 0 Å². The standard InChI is InChI=1S/C26H23ClF2N2O3/c1-34-18-7-4-6-16(12-18)13-24(32)31-15-17(28)14-23(31)26(33)30-22-11-5-9-20(25(22)29)19-8-2-3-10-21(19)27/h2-12,17,23H,13-15H2,1H3,(H,30,33). The SMILES string of the molecule is COc1cccc(CC(=O)N2CC(F)CC2C(=O)Nc2cccc(-c3ccccc3Cl)c2F)c1. The molecule has 0 aliphatic carbocycles. The summed E-state index contributed by atoms with van der Waals surface area (Å²) >= 11 is 6.20. The molecule has 0 spiro atoms. The largest absolute Gasteiger partial charge is 0.497 e. The number of carbonyl (C=O) groups is 2. The maximum Gasteiger partial charge on any atom is 0.247 e. The summed E-state index contributed by atoms with van der Waals surface area (Å²) in [5.74, 6) is -1.10. The number of methoxy groups -OCH3 is 1. The normalized spacial score (nSPS) is 17.5. The first kappa shape index (κ1) is 23.7. The molecule has 2 amide bonds. The molecule has 1 N–H and O–H groups in total. The van der Waals surface area contributed by atoms with Crippen molar-refractivity contribution < 1.29 is 23.1 Å². The molecular formula is C26H23ClF2N2O3. The molecule has 1 heterocycles. The third-order valence-corrected chi connectivity index (χ3v) is 6.11.